The zero-order valence-electron chi connectivity index (χ0n) is 17.7. The number of hydrogen-bond acceptors (Lipinski definition) is 3. The van der Waals surface area contributed by atoms with E-state index in [-0.39, 0.29) is 22.7 Å². The molecule has 1 aromatic heterocycles. The zero-order chi connectivity index (χ0) is 22.2. The number of aryl methyl sites for hydroxylation is 1. The van der Waals surface area contributed by atoms with Gasteiger partial charge in [-0.3, -0.25) is 4.79 Å². The number of carbonyl (C=O) groups is 1. The Balaban J connectivity index is 1.91. The van der Waals surface area contributed by atoms with Gasteiger partial charge in [-0.25, -0.2) is 12.8 Å². The van der Waals surface area contributed by atoms with Gasteiger partial charge in [0.2, 0.25) is 0 Å². The molecule has 0 aliphatic rings. The highest BCUT2D eigenvalue weighted by atomic mass is 32.2. The molecule has 30 heavy (non-hydrogen) atoms. The minimum Gasteiger partial charge on any atom is -0.335 e. The SMILES string of the molecule is Cc1cc(C(=O)N(C)C(C)c2ccc(S(C)(=O)=O)cc2)c(C)n1-c1ccccc1F. The molecule has 0 radical (unpaired) electrons. The molecule has 0 saturated carbocycles. The van der Waals surface area contributed by atoms with Crippen LogP contribution in [0.2, 0.25) is 0 Å². The molecule has 1 unspecified atom stereocenters. The summed E-state index contributed by atoms with van der Waals surface area (Å²) in [6.07, 6.45) is 1.16. The van der Waals surface area contributed by atoms with E-state index in [0.29, 0.717) is 16.9 Å². The van der Waals surface area contributed by atoms with Crippen LogP contribution in [-0.2, 0) is 9.84 Å². The van der Waals surface area contributed by atoms with Crippen LogP contribution < -0.4 is 0 Å². The third-order valence-electron chi connectivity index (χ3n) is 5.45. The van der Waals surface area contributed by atoms with Gasteiger partial charge in [0.25, 0.3) is 5.91 Å². The lowest BCUT2D eigenvalue weighted by molar-refractivity contribution is 0.0742. The minimum atomic E-state index is -3.28. The van der Waals surface area contributed by atoms with Gasteiger partial charge in [-0.1, -0.05) is 24.3 Å². The molecule has 0 aliphatic heterocycles. The minimum absolute atomic E-state index is 0.189. The maximum atomic E-state index is 14.3. The van der Waals surface area contributed by atoms with Crippen molar-refractivity contribution >= 4 is 15.7 Å². The highest BCUT2D eigenvalue weighted by Crippen LogP contribution is 2.27. The Hall–Kier alpha value is -2.93. The summed E-state index contributed by atoms with van der Waals surface area (Å²) in [5.41, 5.74) is 3.14. The first-order chi connectivity index (χ1) is 14.0. The number of amides is 1. The monoisotopic (exact) mass is 428 g/mol. The summed E-state index contributed by atoms with van der Waals surface area (Å²) in [5.74, 6) is -0.545. The summed E-state index contributed by atoms with van der Waals surface area (Å²) < 4.78 is 39.4. The Kier molecular flexibility index (Phi) is 5.85. The van der Waals surface area contributed by atoms with E-state index < -0.39 is 9.84 Å². The van der Waals surface area contributed by atoms with Gasteiger partial charge in [-0.2, -0.15) is 0 Å². The summed E-state index contributed by atoms with van der Waals surface area (Å²) in [7, 11) is -1.58. The van der Waals surface area contributed by atoms with Crippen molar-refractivity contribution in [3.8, 4) is 5.69 Å². The fraction of sp³-hybridized carbons (Fsp3) is 0.261. The summed E-state index contributed by atoms with van der Waals surface area (Å²) >= 11 is 0. The van der Waals surface area contributed by atoms with Crippen LogP contribution >= 0.6 is 0 Å². The van der Waals surface area contributed by atoms with E-state index in [1.54, 1.807) is 72.0 Å². The molecule has 7 heteroatoms. The molecule has 0 fully saturated rings. The third-order valence-corrected chi connectivity index (χ3v) is 6.58. The van der Waals surface area contributed by atoms with Crippen molar-refractivity contribution in [2.75, 3.05) is 13.3 Å². The average molecular weight is 429 g/mol. The second kappa shape index (κ2) is 8.07. The average Bonchev–Trinajstić information content (AvgIpc) is 3.00. The predicted molar refractivity (Wildman–Crippen MR) is 115 cm³/mol. The van der Waals surface area contributed by atoms with Gasteiger partial charge >= 0.3 is 0 Å². The molecule has 0 saturated heterocycles. The van der Waals surface area contributed by atoms with Gasteiger partial charge in [-0.05, 0) is 56.7 Å². The number of nitrogens with zero attached hydrogens (tertiary/aromatic N) is 2. The molecule has 2 aromatic carbocycles. The lowest BCUT2D eigenvalue weighted by Gasteiger charge is -2.25. The largest absolute Gasteiger partial charge is 0.335 e. The molecule has 0 bridgehead atoms. The normalized spacial score (nSPS) is 12.6. The second-order valence-corrected chi connectivity index (χ2v) is 9.52. The fourth-order valence-corrected chi connectivity index (χ4v) is 4.20. The van der Waals surface area contributed by atoms with Crippen molar-refractivity contribution in [3.05, 3.63) is 82.9 Å². The van der Waals surface area contributed by atoms with Crippen LogP contribution in [0, 0.1) is 19.7 Å². The van der Waals surface area contributed by atoms with E-state index in [2.05, 4.69) is 0 Å². The van der Waals surface area contributed by atoms with Gasteiger partial charge in [0.05, 0.1) is 22.2 Å². The Labute approximate surface area is 176 Å². The Morgan fingerprint density at radius 2 is 1.67 bits per heavy atom. The van der Waals surface area contributed by atoms with Crippen molar-refractivity contribution in [3.63, 3.8) is 0 Å². The molecule has 0 aliphatic carbocycles. The first kappa shape index (κ1) is 21.8. The smallest absolute Gasteiger partial charge is 0.255 e. The second-order valence-electron chi connectivity index (χ2n) is 7.50. The summed E-state index contributed by atoms with van der Waals surface area (Å²) in [6, 6.07) is 14.5. The Bertz CT molecular complexity index is 1200. The number of carbonyl (C=O) groups excluding carboxylic acids is 1. The van der Waals surface area contributed by atoms with Crippen LogP contribution in [-0.4, -0.2) is 37.1 Å². The quantitative estimate of drug-likeness (QED) is 0.602. The van der Waals surface area contributed by atoms with Crippen LogP contribution in [0.25, 0.3) is 5.69 Å². The summed E-state index contributed by atoms with van der Waals surface area (Å²) in [4.78, 5) is 15.0. The number of aromatic nitrogens is 1. The number of rotatable bonds is 5. The van der Waals surface area contributed by atoms with Crippen LogP contribution in [0.3, 0.4) is 0 Å². The van der Waals surface area contributed by atoms with E-state index in [4.69, 9.17) is 0 Å². The number of sulfone groups is 1. The molecule has 0 spiro atoms. The van der Waals surface area contributed by atoms with Gasteiger partial charge in [0, 0.05) is 24.7 Å². The van der Waals surface area contributed by atoms with Gasteiger partial charge in [0.1, 0.15) is 5.82 Å². The summed E-state index contributed by atoms with van der Waals surface area (Å²) in [6.45, 7) is 5.51. The van der Waals surface area contributed by atoms with Crippen LogP contribution in [0.1, 0.15) is 40.3 Å². The van der Waals surface area contributed by atoms with Crippen molar-refractivity contribution < 1.29 is 17.6 Å². The maximum Gasteiger partial charge on any atom is 0.255 e. The molecule has 158 valence electrons. The first-order valence-electron chi connectivity index (χ1n) is 9.53. The summed E-state index contributed by atoms with van der Waals surface area (Å²) in [5, 5.41) is 0. The lowest BCUT2D eigenvalue weighted by atomic mass is 10.1. The zero-order valence-corrected chi connectivity index (χ0v) is 18.5. The Morgan fingerprint density at radius 1 is 1.07 bits per heavy atom. The Morgan fingerprint density at radius 3 is 2.23 bits per heavy atom. The third kappa shape index (κ3) is 4.03. The van der Waals surface area contributed by atoms with Crippen molar-refractivity contribution in [1.29, 1.82) is 0 Å². The number of halogens is 1. The fourth-order valence-electron chi connectivity index (χ4n) is 3.57. The van der Waals surface area contributed by atoms with Crippen molar-refractivity contribution in [2.45, 2.75) is 31.7 Å². The van der Waals surface area contributed by atoms with E-state index in [0.717, 1.165) is 17.5 Å². The van der Waals surface area contributed by atoms with Gasteiger partial charge in [0.15, 0.2) is 9.84 Å². The predicted octanol–water partition coefficient (Wildman–Crippen LogP) is 4.47. The molecular formula is C23H25FN2O3S. The molecule has 0 N–H and O–H groups in total. The molecule has 1 atom stereocenters. The van der Waals surface area contributed by atoms with E-state index in [1.165, 1.54) is 6.07 Å². The molecule has 3 aromatic rings. The number of benzene rings is 2. The number of hydrogen-bond donors (Lipinski definition) is 0. The maximum absolute atomic E-state index is 14.3. The highest BCUT2D eigenvalue weighted by Gasteiger charge is 2.24. The van der Waals surface area contributed by atoms with E-state index in [1.807, 2.05) is 13.8 Å². The van der Waals surface area contributed by atoms with Crippen molar-refractivity contribution in [2.24, 2.45) is 0 Å². The first-order valence-corrected chi connectivity index (χ1v) is 11.4. The van der Waals surface area contributed by atoms with Crippen LogP contribution in [0.15, 0.2) is 59.5 Å². The molecule has 5 nitrogen and oxygen atoms in total. The number of para-hydroxylation sites is 1. The van der Waals surface area contributed by atoms with Crippen LogP contribution in [0.4, 0.5) is 4.39 Å². The van der Waals surface area contributed by atoms with E-state index in [9.17, 15) is 17.6 Å². The van der Waals surface area contributed by atoms with E-state index >= 15 is 0 Å². The standard InChI is InChI=1S/C23H25FN2O3S/c1-15-14-20(17(3)26(15)22-9-7-6-8-21(22)24)23(27)25(4)16(2)18-10-12-19(13-11-18)30(5,28)29/h6-14,16H,1-5H3. The highest BCUT2D eigenvalue weighted by molar-refractivity contribution is 7.90. The molecule has 3 rings (SSSR count). The lowest BCUT2D eigenvalue weighted by Crippen LogP contribution is -2.30. The topological polar surface area (TPSA) is 59.4 Å². The molecular weight excluding hydrogens is 403 g/mol. The van der Waals surface area contributed by atoms with Gasteiger partial charge < -0.3 is 9.47 Å². The van der Waals surface area contributed by atoms with Gasteiger partial charge in [-0.15, -0.1) is 0 Å². The molecule has 1 amide bonds. The van der Waals surface area contributed by atoms with Crippen molar-refractivity contribution in [1.82, 2.24) is 9.47 Å². The molecule has 1 heterocycles. The van der Waals surface area contributed by atoms with Crippen LogP contribution in [0.5, 0.6) is 0 Å².